The van der Waals surface area contributed by atoms with E-state index in [9.17, 15) is 0 Å². The number of hydrogen-bond acceptors (Lipinski definition) is 5. The SMILES string of the molecule is CCNC(=NCc1c(CC)noc1CC)NCC(c1ccc(OC)cc1)N1CCCC1. The van der Waals surface area contributed by atoms with E-state index in [1.807, 2.05) is 12.1 Å². The zero-order chi connectivity index (χ0) is 22.1. The maximum Gasteiger partial charge on any atom is 0.191 e. The van der Waals surface area contributed by atoms with Crippen molar-refractivity contribution < 1.29 is 9.26 Å². The number of hydrogen-bond donors (Lipinski definition) is 2. The first-order chi connectivity index (χ1) is 15.2. The van der Waals surface area contributed by atoms with Gasteiger partial charge in [-0.15, -0.1) is 0 Å². The van der Waals surface area contributed by atoms with Gasteiger partial charge in [0, 0.05) is 25.1 Å². The number of nitrogens with zero attached hydrogens (tertiary/aromatic N) is 3. The van der Waals surface area contributed by atoms with Gasteiger partial charge in [0.2, 0.25) is 0 Å². The summed E-state index contributed by atoms with van der Waals surface area (Å²) in [6.45, 7) is 10.7. The lowest BCUT2D eigenvalue weighted by Gasteiger charge is -2.29. The molecule has 1 saturated heterocycles. The Morgan fingerprint density at radius 2 is 1.87 bits per heavy atom. The molecule has 1 aromatic carbocycles. The fourth-order valence-corrected chi connectivity index (χ4v) is 4.15. The Kier molecular flexibility index (Phi) is 8.76. The van der Waals surface area contributed by atoms with Crippen molar-refractivity contribution in [3.05, 3.63) is 46.8 Å². The van der Waals surface area contributed by atoms with E-state index in [1.54, 1.807) is 7.11 Å². The lowest BCUT2D eigenvalue weighted by Crippen LogP contribution is -2.42. The van der Waals surface area contributed by atoms with Crippen molar-refractivity contribution in [2.75, 3.05) is 33.3 Å². The number of ether oxygens (including phenoxy) is 1. The molecule has 2 heterocycles. The van der Waals surface area contributed by atoms with E-state index >= 15 is 0 Å². The predicted molar refractivity (Wildman–Crippen MR) is 125 cm³/mol. The van der Waals surface area contributed by atoms with Crippen LogP contribution in [0.4, 0.5) is 0 Å². The summed E-state index contributed by atoms with van der Waals surface area (Å²) in [7, 11) is 1.71. The molecule has 3 rings (SSSR count). The average Bonchev–Trinajstić information content (AvgIpc) is 3.47. The molecule has 1 aliphatic rings. The molecule has 170 valence electrons. The van der Waals surface area contributed by atoms with Crippen LogP contribution in [0.15, 0.2) is 33.8 Å². The number of methoxy groups -OCH3 is 1. The molecule has 0 amide bonds. The summed E-state index contributed by atoms with van der Waals surface area (Å²) in [5, 5.41) is 11.2. The molecule has 1 atom stereocenters. The molecule has 1 unspecified atom stereocenters. The second kappa shape index (κ2) is 11.7. The lowest BCUT2D eigenvalue weighted by atomic mass is 10.1. The van der Waals surface area contributed by atoms with Crippen molar-refractivity contribution >= 4 is 5.96 Å². The van der Waals surface area contributed by atoms with Crippen LogP contribution in [0.1, 0.15) is 62.2 Å². The van der Waals surface area contributed by atoms with E-state index in [4.69, 9.17) is 14.3 Å². The Labute approximate surface area is 186 Å². The Morgan fingerprint density at radius 1 is 1.13 bits per heavy atom. The highest BCUT2D eigenvalue weighted by atomic mass is 16.5. The monoisotopic (exact) mass is 427 g/mol. The van der Waals surface area contributed by atoms with Crippen LogP contribution in [0.25, 0.3) is 0 Å². The Hall–Kier alpha value is -2.54. The van der Waals surface area contributed by atoms with Gasteiger partial charge in [0.05, 0.1) is 25.4 Å². The number of nitrogens with one attached hydrogen (secondary N) is 2. The van der Waals surface area contributed by atoms with Gasteiger partial charge in [-0.2, -0.15) is 0 Å². The topological polar surface area (TPSA) is 74.9 Å². The summed E-state index contributed by atoms with van der Waals surface area (Å²) in [6, 6.07) is 8.73. The standard InChI is InChI=1S/C24H37N5O2/c1-5-21-20(23(6-2)31-28-21)16-26-24(25-7-3)27-17-22(29-14-8-9-15-29)18-10-12-19(30-4)13-11-18/h10-13,22H,5-9,14-17H2,1-4H3,(H2,25,26,27). The third kappa shape index (κ3) is 6.00. The molecule has 0 radical (unpaired) electrons. The van der Waals surface area contributed by atoms with Crippen LogP contribution in [0.5, 0.6) is 5.75 Å². The largest absolute Gasteiger partial charge is 0.497 e. The molecular formula is C24H37N5O2. The number of likely N-dealkylation sites (tertiary alicyclic amines) is 1. The van der Waals surface area contributed by atoms with Gasteiger partial charge < -0.3 is 19.9 Å². The number of aryl methyl sites for hydroxylation is 2. The van der Waals surface area contributed by atoms with E-state index < -0.39 is 0 Å². The summed E-state index contributed by atoms with van der Waals surface area (Å²) in [6.07, 6.45) is 4.20. The van der Waals surface area contributed by atoms with Crippen LogP contribution in [-0.4, -0.2) is 49.3 Å². The maximum absolute atomic E-state index is 5.49. The third-order valence-corrected chi connectivity index (χ3v) is 5.89. The normalized spacial score (nSPS) is 15.8. The molecule has 0 bridgehead atoms. The zero-order valence-corrected chi connectivity index (χ0v) is 19.4. The summed E-state index contributed by atoms with van der Waals surface area (Å²) in [5.74, 6) is 2.65. The van der Waals surface area contributed by atoms with Crippen LogP contribution in [0, 0.1) is 0 Å². The van der Waals surface area contributed by atoms with Gasteiger partial charge in [-0.25, -0.2) is 4.99 Å². The highest BCUT2D eigenvalue weighted by molar-refractivity contribution is 5.79. The maximum atomic E-state index is 5.49. The quantitative estimate of drug-likeness (QED) is 0.445. The summed E-state index contributed by atoms with van der Waals surface area (Å²) < 4.78 is 10.8. The number of guanidine groups is 1. The molecule has 0 spiro atoms. The Morgan fingerprint density at radius 3 is 2.48 bits per heavy atom. The van der Waals surface area contributed by atoms with Crippen LogP contribution in [0.2, 0.25) is 0 Å². The molecule has 7 heteroatoms. The van der Waals surface area contributed by atoms with E-state index in [-0.39, 0.29) is 0 Å². The Bertz CT molecular complexity index is 803. The minimum Gasteiger partial charge on any atom is -0.497 e. The van der Waals surface area contributed by atoms with Crippen LogP contribution >= 0.6 is 0 Å². The molecule has 2 aromatic rings. The fourth-order valence-electron chi connectivity index (χ4n) is 4.15. The molecular weight excluding hydrogens is 390 g/mol. The fraction of sp³-hybridized carbons (Fsp3) is 0.583. The predicted octanol–water partition coefficient (Wildman–Crippen LogP) is 3.70. The minimum atomic E-state index is 0.297. The number of aliphatic imine (C=N–C) groups is 1. The van der Waals surface area contributed by atoms with Gasteiger partial charge in [-0.05, 0) is 57.0 Å². The molecule has 1 fully saturated rings. The lowest BCUT2D eigenvalue weighted by molar-refractivity contribution is 0.245. The smallest absolute Gasteiger partial charge is 0.191 e. The summed E-state index contributed by atoms with van der Waals surface area (Å²) >= 11 is 0. The van der Waals surface area contributed by atoms with Gasteiger partial charge in [0.15, 0.2) is 5.96 Å². The molecule has 7 nitrogen and oxygen atoms in total. The second-order valence-electron chi connectivity index (χ2n) is 7.85. The van der Waals surface area contributed by atoms with Gasteiger partial charge in [-0.1, -0.05) is 31.1 Å². The van der Waals surface area contributed by atoms with Gasteiger partial charge in [0.25, 0.3) is 0 Å². The van der Waals surface area contributed by atoms with E-state index in [0.29, 0.717) is 12.6 Å². The third-order valence-electron chi connectivity index (χ3n) is 5.89. The number of rotatable bonds is 10. The first kappa shape index (κ1) is 23.1. The molecule has 0 saturated carbocycles. The zero-order valence-electron chi connectivity index (χ0n) is 19.4. The van der Waals surface area contributed by atoms with Crippen molar-refractivity contribution in [2.24, 2.45) is 4.99 Å². The second-order valence-corrected chi connectivity index (χ2v) is 7.85. The molecule has 1 aliphatic heterocycles. The van der Waals surface area contributed by atoms with Crippen molar-refractivity contribution in [3.63, 3.8) is 0 Å². The van der Waals surface area contributed by atoms with Gasteiger partial charge in [-0.3, -0.25) is 4.90 Å². The number of aromatic nitrogens is 1. The van der Waals surface area contributed by atoms with Crippen molar-refractivity contribution in [1.82, 2.24) is 20.7 Å². The van der Waals surface area contributed by atoms with Gasteiger partial charge >= 0.3 is 0 Å². The van der Waals surface area contributed by atoms with Crippen LogP contribution in [0.3, 0.4) is 0 Å². The summed E-state index contributed by atoms with van der Waals surface area (Å²) in [5.41, 5.74) is 3.42. The Balaban J connectivity index is 1.73. The highest BCUT2D eigenvalue weighted by Crippen LogP contribution is 2.26. The highest BCUT2D eigenvalue weighted by Gasteiger charge is 2.24. The van der Waals surface area contributed by atoms with E-state index in [1.165, 1.54) is 18.4 Å². The minimum absolute atomic E-state index is 0.297. The van der Waals surface area contributed by atoms with E-state index in [2.05, 4.69) is 53.6 Å². The first-order valence-corrected chi connectivity index (χ1v) is 11.6. The summed E-state index contributed by atoms with van der Waals surface area (Å²) in [4.78, 5) is 7.41. The molecule has 31 heavy (non-hydrogen) atoms. The number of benzene rings is 1. The van der Waals surface area contributed by atoms with Gasteiger partial charge in [0.1, 0.15) is 11.5 Å². The molecule has 2 N–H and O–H groups in total. The first-order valence-electron chi connectivity index (χ1n) is 11.6. The van der Waals surface area contributed by atoms with Crippen molar-refractivity contribution in [2.45, 2.75) is 59.0 Å². The molecule has 1 aromatic heterocycles. The van der Waals surface area contributed by atoms with Crippen molar-refractivity contribution in [1.29, 1.82) is 0 Å². The van der Waals surface area contributed by atoms with Crippen LogP contribution in [-0.2, 0) is 19.4 Å². The average molecular weight is 428 g/mol. The van der Waals surface area contributed by atoms with Crippen molar-refractivity contribution in [3.8, 4) is 5.75 Å². The van der Waals surface area contributed by atoms with E-state index in [0.717, 1.165) is 67.7 Å². The molecule has 0 aliphatic carbocycles. The van der Waals surface area contributed by atoms with Crippen LogP contribution < -0.4 is 15.4 Å².